The number of nitriles is 1. The van der Waals surface area contributed by atoms with Crippen LogP contribution in [0.4, 0.5) is 10.1 Å². The van der Waals surface area contributed by atoms with Gasteiger partial charge in [0.25, 0.3) is 0 Å². The quantitative estimate of drug-likeness (QED) is 0.630. The topological polar surface area (TPSA) is 90.3 Å². The number of amides is 1. The fourth-order valence-electron chi connectivity index (χ4n) is 2.79. The summed E-state index contributed by atoms with van der Waals surface area (Å²) in [5.41, 5.74) is 1.29. The highest BCUT2D eigenvalue weighted by atomic mass is 32.2. The average Bonchev–Trinajstić information content (AvgIpc) is 2.75. The van der Waals surface area contributed by atoms with E-state index in [4.69, 9.17) is 5.26 Å². The highest BCUT2D eigenvalue weighted by Gasteiger charge is 2.27. The Kier molecular flexibility index (Phi) is 6.57. The lowest BCUT2D eigenvalue weighted by Gasteiger charge is -2.22. The molecule has 0 radical (unpaired) electrons. The minimum Gasteiger partial charge on any atom is -0.325 e. The Bertz CT molecular complexity index is 1170. The van der Waals surface area contributed by atoms with Gasteiger partial charge in [-0.3, -0.25) is 4.79 Å². The third kappa shape index (κ3) is 5.29. The van der Waals surface area contributed by atoms with Gasteiger partial charge in [0, 0.05) is 12.2 Å². The van der Waals surface area contributed by atoms with Gasteiger partial charge in [0.2, 0.25) is 15.9 Å². The molecule has 8 heteroatoms. The van der Waals surface area contributed by atoms with Crippen molar-refractivity contribution in [2.45, 2.75) is 11.4 Å². The number of carbonyl (C=O) groups excluding carboxylic acids is 1. The van der Waals surface area contributed by atoms with Gasteiger partial charge >= 0.3 is 0 Å². The highest BCUT2D eigenvalue weighted by Crippen LogP contribution is 2.19. The second kappa shape index (κ2) is 9.31. The lowest BCUT2D eigenvalue weighted by molar-refractivity contribution is -0.116. The van der Waals surface area contributed by atoms with Gasteiger partial charge in [-0.25, -0.2) is 12.8 Å². The fraction of sp³-hybridized carbons (Fsp3) is 0.0909. The lowest BCUT2D eigenvalue weighted by Crippen LogP contribution is -2.37. The Morgan fingerprint density at radius 1 is 1.00 bits per heavy atom. The van der Waals surface area contributed by atoms with E-state index in [1.807, 2.05) is 6.07 Å². The summed E-state index contributed by atoms with van der Waals surface area (Å²) in [5, 5.41) is 11.6. The van der Waals surface area contributed by atoms with Crippen molar-refractivity contribution in [3.63, 3.8) is 0 Å². The number of hydrogen-bond donors (Lipinski definition) is 1. The molecule has 3 aromatic carbocycles. The van der Waals surface area contributed by atoms with E-state index in [-0.39, 0.29) is 11.4 Å². The highest BCUT2D eigenvalue weighted by molar-refractivity contribution is 7.89. The van der Waals surface area contributed by atoms with Crippen molar-refractivity contribution in [2.75, 3.05) is 11.9 Å². The number of nitrogens with one attached hydrogen (secondary N) is 1. The van der Waals surface area contributed by atoms with E-state index in [2.05, 4.69) is 5.32 Å². The molecule has 3 rings (SSSR count). The van der Waals surface area contributed by atoms with Crippen molar-refractivity contribution in [3.05, 3.63) is 95.8 Å². The monoisotopic (exact) mass is 423 g/mol. The molecule has 0 aliphatic heterocycles. The zero-order valence-corrected chi connectivity index (χ0v) is 16.6. The van der Waals surface area contributed by atoms with Crippen molar-refractivity contribution in [2.24, 2.45) is 0 Å². The van der Waals surface area contributed by atoms with E-state index in [1.54, 1.807) is 36.4 Å². The van der Waals surface area contributed by atoms with Crippen molar-refractivity contribution >= 4 is 21.6 Å². The predicted octanol–water partition coefficient (Wildman–Crippen LogP) is 3.53. The van der Waals surface area contributed by atoms with Crippen molar-refractivity contribution < 1.29 is 17.6 Å². The first-order valence-corrected chi connectivity index (χ1v) is 10.4. The van der Waals surface area contributed by atoms with Crippen molar-refractivity contribution in [1.29, 1.82) is 5.26 Å². The van der Waals surface area contributed by atoms with E-state index in [0.29, 0.717) is 16.8 Å². The zero-order chi connectivity index (χ0) is 21.6. The van der Waals surface area contributed by atoms with Crippen LogP contribution in [0.5, 0.6) is 0 Å². The number of rotatable bonds is 7. The van der Waals surface area contributed by atoms with E-state index >= 15 is 0 Å². The van der Waals surface area contributed by atoms with Crippen LogP contribution in [0.2, 0.25) is 0 Å². The van der Waals surface area contributed by atoms with Crippen LogP contribution in [0, 0.1) is 17.1 Å². The van der Waals surface area contributed by atoms with Crippen LogP contribution in [0.15, 0.2) is 83.8 Å². The first kappa shape index (κ1) is 21.2. The molecule has 0 bridgehead atoms. The molecule has 0 atom stereocenters. The van der Waals surface area contributed by atoms with Crippen LogP contribution in [0.1, 0.15) is 11.1 Å². The largest absolute Gasteiger partial charge is 0.325 e. The van der Waals surface area contributed by atoms with Gasteiger partial charge in [-0.05, 0) is 48.0 Å². The SMILES string of the molecule is N#Cc1cccc(NC(=O)CN(Cc2ccc(F)cc2)S(=O)(=O)c2ccccc2)c1. The van der Waals surface area contributed by atoms with Gasteiger partial charge in [0.05, 0.1) is 23.1 Å². The lowest BCUT2D eigenvalue weighted by atomic mass is 10.2. The van der Waals surface area contributed by atoms with Gasteiger partial charge in [-0.2, -0.15) is 9.57 Å². The van der Waals surface area contributed by atoms with Crippen LogP contribution < -0.4 is 5.32 Å². The summed E-state index contributed by atoms with van der Waals surface area (Å²) in [7, 11) is -3.98. The number of sulfonamides is 1. The fourth-order valence-corrected chi connectivity index (χ4v) is 4.19. The normalized spacial score (nSPS) is 11.1. The maximum absolute atomic E-state index is 13.2. The van der Waals surface area contributed by atoms with Gasteiger partial charge in [-0.15, -0.1) is 0 Å². The molecule has 1 N–H and O–H groups in total. The van der Waals surface area contributed by atoms with E-state index in [0.717, 1.165) is 4.31 Å². The number of benzene rings is 3. The molecular weight excluding hydrogens is 405 g/mol. The number of nitrogens with zero attached hydrogens (tertiary/aromatic N) is 2. The second-order valence-electron chi connectivity index (χ2n) is 6.45. The molecule has 0 saturated heterocycles. The molecule has 0 fully saturated rings. The molecule has 0 heterocycles. The molecule has 0 unspecified atom stereocenters. The van der Waals surface area contributed by atoms with E-state index in [9.17, 15) is 17.6 Å². The molecular formula is C22H18FN3O3S. The first-order chi connectivity index (χ1) is 14.4. The van der Waals surface area contributed by atoms with Crippen LogP contribution in [0.3, 0.4) is 0 Å². The molecule has 0 saturated carbocycles. The van der Waals surface area contributed by atoms with Crippen LogP contribution in [0.25, 0.3) is 0 Å². The third-order valence-corrected chi connectivity index (χ3v) is 6.05. The van der Waals surface area contributed by atoms with Crippen molar-refractivity contribution in [1.82, 2.24) is 4.31 Å². The minimum atomic E-state index is -3.98. The van der Waals surface area contributed by atoms with Crippen molar-refractivity contribution in [3.8, 4) is 6.07 Å². The molecule has 1 amide bonds. The first-order valence-electron chi connectivity index (χ1n) is 8.98. The smallest absolute Gasteiger partial charge is 0.243 e. The van der Waals surface area contributed by atoms with E-state index < -0.39 is 28.3 Å². The van der Waals surface area contributed by atoms with Gasteiger partial charge < -0.3 is 5.32 Å². The Morgan fingerprint density at radius 2 is 1.70 bits per heavy atom. The van der Waals surface area contributed by atoms with E-state index in [1.165, 1.54) is 42.5 Å². The predicted molar refractivity (Wildman–Crippen MR) is 110 cm³/mol. The number of carbonyl (C=O) groups is 1. The molecule has 0 aliphatic rings. The summed E-state index contributed by atoms with van der Waals surface area (Å²) in [6.07, 6.45) is 0. The summed E-state index contributed by atoms with van der Waals surface area (Å²) in [4.78, 5) is 12.6. The average molecular weight is 423 g/mol. The maximum atomic E-state index is 13.2. The van der Waals surface area contributed by atoms with Crippen LogP contribution in [-0.2, 0) is 21.4 Å². The van der Waals surface area contributed by atoms with Gasteiger partial charge in [0.15, 0.2) is 0 Å². The Morgan fingerprint density at radius 3 is 2.37 bits per heavy atom. The number of anilines is 1. The second-order valence-corrected chi connectivity index (χ2v) is 8.39. The summed E-state index contributed by atoms with van der Waals surface area (Å²) in [6.45, 7) is -0.561. The van der Waals surface area contributed by atoms with Crippen LogP contribution in [-0.4, -0.2) is 25.2 Å². The van der Waals surface area contributed by atoms with Gasteiger partial charge in [0.1, 0.15) is 5.82 Å². The molecule has 0 aromatic heterocycles. The maximum Gasteiger partial charge on any atom is 0.243 e. The molecule has 3 aromatic rings. The summed E-state index contributed by atoms with van der Waals surface area (Å²) in [6, 6.07) is 21.5. The Hall–Kier alpha value is -3.54. The van der Waals surface area contributed by atoms with Gasteiger partial charge in [-0.1, -0.05) is 36.4 Å². The zero-order valence-electron chi connectivity index (χ0n) is 15.8. The summed E-state index contributed by atoms with van der Waals surface area (Å²) < 4.78 is 40.5. The molecule has 152 valence electrons. The summed E-state index contributed by atoms with van der Waals surface area (Å²) >= 11 is 0. The molecule has 0 spiro atoms. The summed E-state index contributed by atoms with van der Waals surface area (Å²) in [5.74, 6) is -1.00. The standard InChI is InChI=1S/C22H18FN3O3S/c23-19-11-9-17(10-12-19)15-26(30(28,29)21-7-2-1-3-8-21)16-22(27)25-20-6-4-5-18(13-20)14-24/h1-13H,15-16H2,(H,25,27). The number of halogens is 1. The molecule has 30 heavy (non-hydrogen) atoms. The Labute approximate surface area is 174 Å². The molecule has 0 aliphatic carbocycles. The Balaban J connectivity index is 1.85. The minimum absolute atomic E-state index is 0.0476. The third-order valence-electron chi connectivity index (χ3n) is 4.25. The van der Waals surface area contributed by atoms with Crippen LogP contribution >= 0.6 is 0 Å². The molecule has 6 nitrogen and oxygen atoms in total. The number of hydrogen-bond acceptors (Lipinski definition) is 4.